The summed E-state index contributed by atoms with van der Waals surface area (Å²) < 4.78 is 12.4. The smallest absolute Gasteiger partial charge is 0.237 e. The summed E-state index contributed by atoms with van der Waals surface area (Å²) in [6.07, 6.45) is 3.63. The van der Waals surface area contributed by atoms with Gasteiger partial charge >= 0.3 is 0 Å². The molecule has 0 fully saturated rings. The van der Waals surface area contributed by atoms with Crippen molar-refractivity contribution >= 4 is 5.91 Å². The van der Waals surface area contributed by atoms with E-state index < -0.39 is 0 Å². The maximum absolute atomic E-state index is 12.1. The number of amides is 1. The molecule has 3 rings (SSSR count). The van der Waals surface area contributed by atoms with Crippen LogP contribution < -0.4 is 20.1 Å². The summed E-state index contributed by atoms with van der Waals surface area (Å²) in [7, 11) is 0. The van der Waals surface area contributed by atoms with Crippen LogP contribution in [0.25, 0.3) is 0 Å². The molecule has 1 atom stereocenters. The third kappa shape index (κ3) is 4.01. The molecule has 122 valence electrons. The number of aromatic nitrogens is 2. The van der Waals surface area contributed by atoms with Crippen molar-refractivity contribution in [2.45, 2.75) is 26.1 Å². The number of carbonyl (C=O) groups excluding carboxylic acids is 1. The van der Waals surface area contributed by atoms with Gasteiger partial charge < -0.3 is 20.1 Å². The number of rotatable bonds is 7. The number of ether oxygens (including phenoxy) is 2. The maximum atomic E-state index is 12.1. The molecule has 2 aromatic rings. The summed E-state index contributed by atoms with van der Waals surface area (Å²) in [5, 5.41) is 10.2. The average molecular weight is 316 g/mol. The Bertz CT molecular complexity index is 657. The van der Waals surface area contributed by atoms with Crippen LogP contribution in [0.1, 0.15) is 12.5 Å². The van der Waals surface area contributed by atoms with Gasteiger partial charge in [-0.3, -0.25) is 9.48 Å². The molecule has 0 spiro atoms. The highest BCUT2D eigenvalue weighted by atomic mass is 16.7. The van der Waals surface area contributed by atoms with Gasteiger partial charge in [-0.05, 0) is 30.7 Å². The molecule has 0 unspecified atom stereocenters. The minimum Gasteiger partial charge on any atom is -0.454 e. The summed E-state index contributed by atoms with van der Waals surface area (Å²) in [5.41, 5.74) is 0.978. The lowest BCUT2D eigenvalue weighted by Crippen LogP contribution is -2.42. The standard InChI is InChI=1S/C16H20N4O3/c1-12(17-6-8-20-7-2-5-19-20)16(21)18-10-13-3-4-14-15(9-13)23-11-22-14/h2-5,7,9,12,17H,6,8,10-11H2,1H3,(H,18,21)/t12-/m1/s1. The minimum atomic E-state index is -0.264. The van der Waals surface area contributed by atoms with Gasteiger partial charge in [0.15, 0.2) is 11.5 Å². The topological polar surface area (TPSA) is 77.4 Å². The van der Waals surface area contributed by atoms with Crippen molar-refractivity contribution in [3.8, 4) is 11.5 Å². The van der Waals surface area contributed by atoms with Gasteiger partial charge in [-0.25, -0.2) is 0 Å². The van der Waals surface area contributed by atoms with Gasteiger partial charge in [0.05, 0.1) is 12.6 Å². The number of nitrogens with one attached hydrogen (secondary N) is 2. The van der Waals surface area contributed by atoms with Crippen molar-refractivity contribution in [3.05, 3.63) is 42.2 Å². The van der Waals surface area contributed by atoms with Crippen molar-refractivity contribution in [3.63, 3.8) is 0 Å². The van der Waals surface area contributed by atoms with E-state index in [1.54, 1.807) is 6.20 Å². The Morgan fingerprint density at radius 2 is 2.26 bits per heavy atom. The molecule has 0 radical (unpaired) electrons. The Morgan fingerprint density at radius 3 is 3.09 bits per heavy atom. The van der Waals surface area contributed by atoms with Gasteiger partial charge in [0, 0.05) is 25.5 Å². The predicted octanol–water partition coefficient (Wildman–Crippen LogP) is 0.906. The minimum absolute atomic E-state index is 0.0388. The molecule has 1 aliphatic rings. The highest BCUT2D eigenvalue weighted by molar-refractivity contribution is 5.81. The van der Waals surface area contributed by atoms with Crippen molar-refractivity contribution < 1.29 is 14.3 Å². The van der Waals surface area contributed by atoms with Crippen LogP contribution in [0.15, 0.2) is 36.7 Å². The molecule has 1 aromatic carbocycles. The summed E-state index contributed by atoms with van der Waals surface area (Å²) in [5.74, 6) is 1.43. The van der Waals surface area contributed by atoms with Crippen molar-refractivity contribution in [1.82, 2.24) is 20.4 Å². The van der Waals surface area contributed by atoms with Gasteiger partial charge in [-0.15, -0.1) is 0 Å². The highest BCUT2D eigenvalue weighted by Crippen LogP contribution is 2.32. The monoisotopic (exact) mass is 316 g/mol. The normalized spacial score (nSPS) is 13.8. The zero-order chi connectivity index (χ0) is 16.1. The maximum Gasteiger partial charge on any atom is 0.237 e. The van der Waals surface area contributed by atoms with E-state index in [9.17, 15) is 4.79 Å². The van der Waals surface area contributed by atoms with E-state index in [4.69, 9.17) is 9.47 Å². The number of carbonyl (C=O) groups is 1. The number of nitrogens with zero attached hydrogens (tertiary/aromatic N) is 2. The zero-order valence-corrected chi connectivity index (χ0v) is 13.0. The van der Waals surface area contributed by atoms with E-state index in [0.717, 1.165) is 23.6 Å². The van der Waals surface area contributed by atoms with E-state index in [2.05, 4.69) is 15.7 Å². The fraction of sp³-hybridized carbons (Fsp3) is 0.375. The molecule has 0 bridgehead atoms. The van der Waals surface area contributed by atoms with Crippen LogP contribution in [0.2, 0.25) is 0 Å². The molecular formula is C16H20N4O3. The molecule has 7 nitrogen and oxygen atoms in total. The van der Waals surface area contributed by atoms with E-state index in [1.165, 1.54) is 0 Å². The number of benzene rings is 1. The predicted molar refractivity (Wildman–Crippen MR) is 84.1 cm³/mol. The summed E-state index contributed by atoms with van der Waals surface area (Å²) in [6, 6.07) is 7.28. The van der Waals surface area contributed by atoms with Gasteiger partial charge in [0.2, 0.25) is 12.7 Å². The summed E-state index contributed by atoms with van der Waals surface area (Å²) in [4.78, 5) is 12.1. The van der Waals surface area contributed by atoms with Crippen LogP contribution in [0.4, 0.5) is 0 Å². The number of hydrogen-bond donors (Lipinski definition) is 2. The Morgan fingerprint density at radius 1 is 1.39 bits per heavy atom. The van der Waals surface area contributed by atoms with Crippen molar-refractivity contribution in [2.75, 3.05) is 13.3 Å². The fourth-order valence-electron chi connectivity index (χ4n) is 2.31. The van der Waals surface area contributed by atoms with Gasteiger partial charge in [0.25, 0.3) is 0 Å². The number of hydrogen-bond acceptors (Lipinski definition) is 5. The Hall–Kier alpha value is -2.54. The SMILES string of the molecule is C[C@@H](NCCn1cccn1)C(=O)NCc1ccc2c(c1)OCO2. The second-order valence-electron chi connectivity index (χ2n) is 5.35. The third-order valence-corrected chi connectivity index (χ3v) is 3.65. The van der Waals surface area contributed by atoms with E-state index in [0.29, 0.717) is 13.1 Å². The van der Waals surface area contributed by atoms with Crippen LogP contribution >= 0.6 is 0 Å². The lowest BCUT2D eigenvalue weighted by Gasteiger charge is -2.14. The lowest BCUT2D eigenvalue weighted by atomic mass is 10.2. The molecule has 1 amide bonds. The molecule has 7 heteroatoms. The Kier molecular flexibility index (Phi) is 4.77. The Labute approximate surface area is 134 Å². The van der Waals surface area contributed by atoms with Gasteiger partial charge in [-0.2, -0.15) is 5.10 Å². The largest absolute Gasteiger partial charge is 0.454 e. The van der Waals surface area contributed by atoms with E-state index in [1.807, 2.05) is 42.1 Å². The van der Waals surface area contributed by atoms with Crippen molar-refractivity contribution in [1.29, 1.82) is 0 Å². The van der Waals surface area contributed by atoms with Gasteiger partial charge in [-0.1, -0.05) is 6.07 Å². The molecule has 2 N–H and O–H groups in total. The summed E-state index contributed by atoms with van der Waals surface area (Å²) in [6.45, 7) is 3.97. The highest BCUT2D eigenvalue weighted by Gasteiger charge is 2.15. The first-order valence-corrected chi connectivity index (χ1v) is 7.59. The summed E-state index contributed by atoms with van der Waals surface area (Å²) >= 11 is 0. The molecule has 2 heterocycles. The van der Waals surface area contributed by atoms with Crippen LogP contribution in [0.5, 0.6) is 11.5 Å². The molecule has 1 aromatic heterocycles. The first kappa shape index (κ1) is 15.4. The van der Waals surface area contributed by atoms with Crippen LogP contribution in [0, 0.1) is 0 Å². The molecule has 23 heavy (non-hydrogen) atoms. The molecule has 0 saturated carbocycles. The first-order valence-electron chi connectivity index (χ1n) is 7.59. The van der Waals surface area contributed by atoms with Crippen LogP contribution in [-0.2, 0) is 17.9 Å². The molecule has 0 saturated heterocycles. The molecule has 1 aliphatic heterocycles. The van der Waals surface area contributed by atoms with Crippen molar-refractivity contribution in [2.24, 2.45) is 0 Å². The second-order valence-corrected chi connectivity index (χ2v) is 5.35. The molecule has 0 aliphatic carbocycles. The lowest BCUT2D eigenvalue weighted by molar-refractivity contribution is -0.122. The third-order valence-electron chi connectivity index (χ3n) is 3.65. The van der Waals surface area contributed by atoms with E-state index >= 15 is 0 Å². The first-order chi connectivity index (χ1) is 11.2. The average Bonchev–Trinajstić information content (AvgIpc) is 3.23. The zero-order valence-electron chi connectivity index (χ0n) is 13.0. The molecular weight excluding hydrogens is 296 g/mol. The van der Waals surface area contributed by atoms with Crippen LogP contribution in [0.3, 0.4) is 0 Å². The number of fused-ring (bicyclic) bond motifs is 1. The second kappa shape index (κ2) is 7.15. The van der Waals surface area contributed by atoms with E-state index in [-0.39, 0.29) is 18.7 Å². The Balaban J connectivity index is 1.41. The van der Waals surface area contributed by atoms with Gasteiger partial charge in [0.1, 0.15) is 0 Å². The fourth-order valence-corrected chi connectivity index (χ4v) is 2.31. The quantitative estimate of drug-likeness (QED) is 0.794. The van der Waals surface area contributed by atoms with Crippen LogP contribution in [-0.4, -0.2) is 35.1 Å².